The summed E-state index contributed by atoms with van der Waals surface area (Å²) in [6, 6.07) is -0.0263. The average molecular weight is 287 g/mol. The minimum atomic E-state index is -3.60. The lowest BCUT2D eigenvalue weighted by Gasteiger charge is -2.22. The molecule has 0 aliphatic heterocycles. The Morgan fingerprint density at radius 3 is 2.74 bits per heavy atom. The van der Waals surface area contributed by atoms with Crippen LogP contribution < -0.4 is 4.72 Å². The van der Waals surface area contributed by atoms with Crippen LogP contribution in [0.5, 0.6) is 0 Å². The molecule has 0 atom stereocenters. The highest BCUT2D eigenvalue weighted by molar-refractivity contribution is 7.89. The van der Waals surface area contributed by atoms with Crippen LogP contribution in [0, 0.1) is 0 Å². The van der Waals surface area contributed by atoms with Gasteiger partial charge in [0.1, 0.15) is 11.4 Å². The first-order valence-electron chi connectivity index (χ1n) is 6.24. The van der Waals surface area contributed by atoms with Gasteiger partial charge in [0.05, 0.1) is 6.20 Å². The van der Waals surface area contributed by atoms with Crippen molar-refractivity contribution in [1.82, 2.24) is 14.5 Å². The summed E-state index contributed by atoms with van der Waals surface area (Å²) in [7, 11) is -3.60. The first-order valence-corrected chi connectivity index (χ1v) is 7.72. The molecule has 1 aliphatic rings. The van der Waals surface area contributed by atoms with Crippen LogP contribution in [0.15, 0.2) is 17.3 Å². The number of aliphatic carboxylic acids is 1. The van der Waals surface area contributed by atoms with E-state index in [1.54, 1.807) is 0 Å². The lowest BCUT2D eigenvalue weighted by Crippen LogP contribution is -2.36. The molecule has 7 nitrogen and oxygen atoms in total. The number of carboxylic acids is 1. The number of hydrogen-bond donors (Lipinski definition) is 2. The highest BCUT2D eigenvalue weighted by Crippen LogP contribution is 2.19. The predicted octanol–water partition coefficient (Wildman–Crippen LogP) is 0.579. The summed E-state index contributed by atoms with van der Waals surface area (Å²) in [5.41, 5.74) is 0. The van der Waals surface area contributed by atoms with Crippen LogP contribution in [0.1, 0.15) is 32.1 Å². The predicted molar refractivity (Wildman–Crippen MR) is 67.1 cm³/mol. The van der Waals surface area contributed by atoms with Gasteiger partial charge in [0.2, 0.25) is 10.0 Å². The van der Waals surface area contributed by atoms with Crippen molar-refractivity contribution < 1.29 is 18.3 Å². The quantitative estimate of drug-likeness (QED) is 0.825. The monoisotopic (exact) mass is 287 g/mol. The number of nitrogens with zero attached hydrogens (tertiary/aromatic N) is 2. The number of nitrogens with one attached hydrogen (secondary N) is 1. The van der Waals surface area contributed by atoms with E-state index in [0.29, 0.717) is 0 Å². The van der Waals surface area contributed by atoms with Crippen LogP contribution in [-0.4, -0.2) is 35.3 Å². The van der Waals surface area contributed by atoms with E-state index in [-0.39, 0.29) is 17.5 Å². The fourth-order valence-electron chi connectivity index (χ4n) is 2.22. The highest BCUT2D eigenvalue weighted by Gasteiger charge is 2.23. The second-order valence-electron chi connectivity index (χ2n) is 4.72. The molecule has 19 heavy (non-hydrogen) atoms. The molecule has 2 rings (SSSR count). The summed E-state index contributed by atoms with van der Waals surface area (Å²) in [6.07, 6.45) is 7.32. The third-order valence-electron chi connectivity index (χ3n) is 3.14. The van der Waals surface area contributed by atoms with Crippen LogP contribution in [0.3, 0.4) is 0 Å². The van der Waals surface area contributed by atoms with E-state index in [1.165, 1.54) is 12.4 Å². The maximum Gasteiger partial charge on any atom is 0.325 e. The topological polar surface area (TPSA) is 101 Å². The zero-order chi connectivity index (χ0) is 13.9. The molecule has 0 saturated heterocycles. The smallest absolute Gasteiger partial charge is 0.325 e. The average Bonchev–Trinajstić information content (AvgIpc) is 2.78. The van der Waals surface area contributed by atoms with Gasteiger partial charge in [-0.2, -0.15) is 5.10 Å². The van der Waals surface area contributed by atoms with Crippen molar-refractivity contribution in [3.05, 3.63) is 12.4 Å². The highest BCUT2D eigenvalue weighted by atomic mass is 32.2. The molecule has 106 valence electrons. The Hall–Kier alpha value is -1.41. The van der Waals surface area contributed by atoms with Gasteiger partial charge in [0.25, 0.3) is 0 Å². The van der Waals surface area contributed by atoms with Crippen LogP contribution in [-0.2, 0) is 21.4 Å². The van der Waals surface area contributed by atoms with Gasteiger partial charge in [-0.05, 0) is 12.8 Å². The van der Waals surface area contributed by atoms with Crippen LogP contribution in [0.2, 0.25) is 0 Å². The molecule has 0 bridgehead atoms. The number of rotatable bonds is 5. The molecule has 0 aromatic carbocycles. The molecule has 1 fully saturated rings. The number of carbonyl (C=O) groups is 1. The molecule has 1 aromatic rings. The summed E-state index contributed by atoms with van der Waals surface area (Å²) >= 11 is 0. The molecular formula is C11H17N3O4S. The van der Waals surface area contributed by atoms with Crippen molar-refractivity contribution in [2.24, 2.45) is 0 Å². The summed E-state index contributed by atoms with van der Waals surface area (Å²) in [6.45, 7) is -0.348. The van der Waals surface area contributed by atoms with E-state index in [4.69, 9.17) is 5.11 Å². The van der Waals surface area contributed by atoms with Crippen molar-refractivity contribution in [2.75, 3.05) is 0 Å². The minimum absolute atomic E-state index is 0.0133. The van der Waals surface area contributed by atoms with Gasteiger partial charge in [-0.3, -0.25) is 9.48 Å². The second kappa shape index (κ2) is 5.70. The Morgan fingerprint density at radius 1 is 1.42 bits per heavy atom. The normalized spacial score (nSPS) is 17.5. The molecular weight excluding hydrogens is 270 g/mol. The van der Waals surface area contributed by atoms with Crippen LogP contribution >= 0.6 is 0 Å². The van der Waals surface area contributed by atoms with Gasteiger partial charge >= 0.3 is 5.97 Å². The minimum Gasteiger partial charge on any atom is -0.480 e. The maximum absolute atomic E-state index is 12.1. The zero-order valence-electron chi connectivity index (χ0n) is 10.4. The maximum atomic E-state index is 12.1. The van der Waals surface area contributed by atoms with Gasteiger partial charge in [-0.15, -0.1) is 0 Å². The van der Waals surface area contributed by atoms with Gasteiger partial charge in [0.15, 0.2) is 0 Å². The third kappa shape index (κ3) is 3.77. The molecule has 1 heterocycles. The summed E-state index contributed by atoms with van der Waals surface area (Å²) in [5, 5.41) is 12.3. The van der Waals surface area contributed by atoms with Crippen molar-refractivity contribution >= 4 is 16.0 Å². The molecule has 0 amide bonds. The molecule has 8 heteroatoms. The second-order valence-corrected chi connectivity index (χ2v) is 6.44. The van der Waals surface area contributed by atoms with Crippen LogP contribution in [0.25, 0.3) is 0 Å². The molecule has 0 radical (unpaired) electrons. The van der Waals surface area contributed by atoms with Crippen LogP contribution in [0.4, 0.5) is 0 Å². The fraction of sp³-hybridized carbons (Fsp3) is 0.636. The van der Waals surface area contributed by atoms with Crippen molar-refractivity contribution in [2.45, 2.75) is 49.6 Å². The largest absolute Gasteiger partial charge is 0.480 e. The third-order valence-corrected chi connectivity index (χ3v) is 4.62. The Morgan fingerprint density at radius 2 is 2.11 bits per heavy atom. The molecule has 2 N–H and O–H groups in total. The van der Waals surface area contributed by atoms with E-state index in [9.17, 15) is 13.2 Å². The van der Waals surface area contributed by atoms with Gasteiger partial charge in [-0.1, -0.05) is 19.3 Å². The lowest BCUT2D eigenvalue weighted by atomic mass is 9.96. The van der Waals surface area contributed by atoms with E-state index in [1.807, 2.05) is 0 Å². The molecule has 1 saturated carbocycles. The summed E-state index contributed by atoms with van der Waals surface area (Å²) in [4.78, 5) is 10.5. The number of aromatic nitrogens is 2. The van der Waals surface area contributed by atoms with E-state index < -0.39 is 16.0 Å². The Labute approximate surface area is 111 Å². The number of sulfonamides is 1. The zero-order valence-corrected chi connectivity index (χ0v) is 11.3. The molecule has 1 aliphatic carbocycles. The first-order chi connectivity index (χ1) is 8.97. The van der Waals surface area contributed by atoms with Crippen molar-refractivity contribution in [3.63, 3.8) is 0 Å². The fourth-order valence-corrected chi connectivity index (χ4v) is 3.47. The Balaban J connectivity index is 2.06. The Kier molecular flexibility index (Phi) is 4.20. The summed E-state index contributed by atoms with van der Waals surface area (Å²) in [5.74, 6) is -1.06. The molecule has 0 unspecified atom stereocenters. The number of hydrogen-bond acceptors (Lipinski definition) is 4. The lowest BCUT2D eigenvalue weighted by molar-refractivity contribution is -0.137. The van der Waals surface area contributed by atoms with Crippen molar-refractivity contribution in [1.29, 1.82) is 0 Å². The van der Waals surface area contributed by atoms with Crippen molar-refractivity contribution in [3.8, 4) is 0 Å². The van der Waals surface area contributed by atoms with Gasteiger partial charge in [-0.25, -0.2) is 13.1 Å². The SMILES string of the molecule is O=C(O)Cn1cc(S(=O)(=O)NC2CCCCC2)cn1. The van der Waals surface area contributed by atoms with E-state index >= 15 is 0 Å². The molecule has 1 aromatic heterocycles. The summed E-state index contributed by atoms with van der Waals surface area (Å²) < 4.78 is 27.9. The molecule has 0 spiro atoms. The van der Waals surface area contributed by atoms with Gasteiger partial charge in [0, 0.05) is 12.2 Å². The Bertz CT molecular complexity index is 546. The van der Waals surface area contributed by atoms with E-state index in [0.717, 1.165) is 36.8 Å². The van der Waals surface area contributed by atoms with E-state index in [2.05, 4.69) is 9.82 Å². The van der Waals surface area contributed by atoms with Gasteiger partial charge < -0.3 is 5.11 Å². The standard InChI is InChI=1S/C11H17N3O4S/c15-11(16)8-14-7-10(6-12-14)19(17,18)13-9-4-2-1-3-5-9/h6-7,9,13H,1-5,8H2,(H,15,16). The first kappa shape index (κ1) is 14.0. The number of carboxylic acid groups (broad SMARTS) is 1.